The second-order valence-corrected chi connectivity index (χ2v) is 10.7. The summed E-state index contributed by atoms with van der Waals surface area (Å²) in [5, 5.41) is 2.79. The average molecular weight is 475 g/mol. The van der Waals surface area contributed by atoms with E-state index < -0.39 is 16.1 Å². The first-order valence-corrected chi connectivity index (χ1v) is 12.8. The Balaban J connectivity index is 1.80. The highest BCUT2D eigenvalue weighted by molar-refractivity contribution is 7.89. The molecule has 0 radical (unpaired) electrons. The number of benzene rings is 2. The molecule has 3 rings (SSSR count). The van der Waals surface area contributed by atoms with E-state index >= 15 is 0 Å². The lowest BCUT2D eigenvalue weighted by atomic mass is 10.0. The first-order valence-electron chi connectivity index (χ1n) is 11.4. The van der Waals surface area contributed by atoms with E-state index in [1.807, 2.05) is 25.1 Å². The van der Waals surface area contributed by atoms with Crippen LogP contribution in [0, 0.1) is 6.92 Å². The van der Waals surface area contributed by atoms with Crippen molar-refractivity contribution in [2.45, 2.75) is 63.9 Å². The molecule has 0 spiro atoms. The summed E-state index contributed by atoms with van der Waals surface area (Å²) in [6, 6.07) is 10.6. The molecule has 0 aromatic heterocycles. The van der Waals surface area contributed by atoms with Crippen LogP contribution in [0.4, 0.5) is 5.69 Å². The number of rotatable bonds is 8. The molecular weight excluding hydrogens is 440 g/mol. The second kappa shape index (κ2) is 10.6. The van der Waals surface area contributed by atoms with Gasteiger partial charge in [-0.3, -0.25) is 4.79 Å². The van der Waals surface area contributed by atoms with Crippen molar-refractivity contribution in [3.8, 4) is 11.5 Å². The number of nitrogens with one attached hydrogen (secondary N) is 1. The van der Waals surface area contributed by atoms with Gasteiger partial charge in [-0.15, -0.1) is 0 Å². The van der Waals surface area contributed by atoms with E-state index in [9.17, 15) is 13.2 Å². The smallest absolute Gasteiger partial charge is 0.265 e. The largest absolute Gasteiger partial charge is 0.495 e. The molecule has 1 atom stereocenters. The number of carbonyl (C=O) groups is 1. The molecule has 1 aliphatic heterocycles. The molecule has 1 heterocycles. The number of nitrogens with zero attached hydrogens (tertiary/aromatic N) is 1. The molecule has 0 saturated carbocycles. The standard InChI is InChI=1S/C25H34N2O5S/c1-17(2)21-11-9-18(3)15-23(21)32-19(4)25(28)26-20-10-12-22(31-5)24(16-20)33(29,30)27-13-7-6-8-14-27/h9-12,15-17,19H,6-8,13-14H2,1-5H3,(H,26,28)/t19-/m1/s1. The fourth-order valence-electron chi connectivity index (χ4n) is 3.91. The number of hydrogen-bond donors (Lipinski definition) is 1. The Morgan fingerprint density at radius 1 is 1.00 bits per heavy atom. The number of methoxy groups -OCH3 is 1. The van der Waals surface area contributed by atoms with Gasteiger partial charge in [-0.2, -0.15) is 4.31 Å². The molecule has 1 fully saturated rings. The monoisotopic (exact) mass is 474 g/mol. The number of piperidine rings is 1. The van der Waals surface area contributed by atoms with Gasteiger partial charge in [-0.1, -0.05) is 32.4 Å². The Hall–Kier alpha value is -2.58. The van der Waals surface area contributed by atoms with E-state index in [0.29, 0.717) is 24.5 Å². The first kappa shape index (κ1) is 25.1. The predicted octanol–water partition coefficient (Wildman–Crippen LogP) is 4.71. The van der Waals surface area contributed by atoms with Crippen LogP contribution in [0.3, 0.4) is 0 Å². The molecule has 7 nitrogen and oxygen atoms in total. The van der Waals surface area contributed by atoms with Gasteiger partial charge in [0.2, 0.25) is 10.0 Å². The molecular formula is C25H34N2O5S. The quantitative estimate of drug-likeness (QED) is 0.599. The molecule has 0 unspecified atom stereocenters. The number of hydrogen-bond acceptors (Lipinski definition) is 5. The zero-order valence-corrected chi connectivity index (χ0v) is 20.9. The Morgan fingerprint density at radius 3 is 2.33 bits per heavy atom. The molecule has 33 heavy (non-hydrogen) atoms. The fourth-order valence-corrected chi connectivity index (χ4v) is 5.61. The van der Waals surface area contributed by atoms with Crippen molar-refractivity contribution in [2.24, 2.45) is 0 Å². The third-order valence-corrected chi connectivity index (χ3v) is 7.75. The van der Waals surface area contributed by atoms with E-state index in [1.165, 1.54) is 17.5 Å². The molecule has 0 aliphatic carbocycles. The summed E-state index contributed by atoms with van der Waals surface area (Å²) in [5.74, 6) is 0.817. The number of sulfonamides is 1. The summed E-state index contributed by atoms with van der Waals surface area (Å²) in [5.41, 5.74) is 2.45. The van der Waals surface area contributed by atoms with E-state index in [-0.39, 0.29) is 22.5 Å². The zero-order valence-electron chi connectivity index (χ0n) is 20.1. The fraction of sp³-hybridized carbons (Fsp3) is 0.480. The molecule has 180 valence electrons. The highest BCUT2D eigenvalue weighted by atomic mass is 32.2. The van der Waals surface area contributed by atoms with Crippen molar-refractivity contribution in [2.75, 3.05) is 25.5 Å². The maximum atomic E-state index is 13.2. The third-order valence-electron chi connectivity index (χ3n) is 5.83. The number of ether oxygens (including phenoxy) is 2. The van der Waals surface area contributed by atoms with E-state index in [4.69, 9.17) is 9.47 Å². The van der Waals surface area contributed by atoms with Gasteiger partial charge >= 0.3 is 0 Å². The van der Waals surface area contributed by atoms with Crippen LogP contribution in [0.2, 0.25) is 0 Å². The van der Waals surface area contributed by atoms with Crippen molar-refractivity contribution < 1.29 is 22.7 Å². The van der Waals surface area contributed by atoms with Crippen LogP contribution in [-0.4, -0.2) is 44.9 Å². The highest BCUT2D eigenvalue weighted by Crippen LogP contribution is 2.32. The minimum Gasteiger partial charge on any atom is -0.495 e. The predicted molar refractivity (Wildman–Crippen MR) is 130 cm³/mol. The van der Waals surface area contributed by atoms with Crippen LogP contribution >= 0.6 is 0 Å². The van der Waals surface area contributed by atoms with Gasteiger partial charge in [0.05, 0.1) is 7.11 Å². The topological polar surface area (TPSA) is 84.9 Å². The van der Waals surface area contributed by atoms with Gasteiger partial charge in [-0.25, -0.2) is 8.42 Å². The Bertz CT molecular complexity index is 1090. The molecule has 1 saturated heterocycles. The zero-order chi connectivity index (χ0) is 24.2. The summed E-state index contributed by atoms with van der Waals surface area (Å²) in [6.45, 7) is 8.77. The maximum Gasteiger partial charge on any atom is 0.265 e. The van der Waals surface area contributed by atoms with Crippen LogP contribution in [0.25, 0.3) is 0 Å². The lowest BCUT2D eigenvalue weighted by molar-refractivity contribution is -0.122. The summed E-state index contributed by atoms with van der Waals surface area (Å²) in [7, 11) is -2.29. The summed E-state index contributed by atoms with van der Waals surface area (Å²) in [4.78, 5) is 12.9. The molecule has 2 aromatic carbocycles. The third kappa shape index (κ3) is 5.86. The lowest BCUT2D eigenvalue weighted by Crippen LogP contribution is -2.36. The average Bonchev–Trinajstić information content (AvgIpc) is 2.79. The van der Waals surface area contributed by atoms with Gasteiger partial charge in [0, 0.05) is 18.8 Å². The Morgan fingerprint density at radius 2 is 1.70 bits per heavy atom. The van der Waals surface area contributed by atoms with Gasteiger partial charge in [0.15, 0.2) is 6.10 Å². The Kier molecular flexibility index (Phi) is 8.02. The molecule has 1 aliphatic rings. The normalized spacial score (nSPS) is 15.8. The van der Waals surface area contributed by atoms with E-state index in [2.05, 4.69) is 19.2 Å². The summed E-state index contributed by atoms with van der Waals surface area (Å²) >= 11 is 0. The lowest BCUT2D eigenvalue weighted by Gasteiger charge is -2.26. The van der Waals surface area contributed by atoms with Crippen molar-refractivity contribution in [1.82, 2.24) is 4.31 Å². The van der Waals surface area contributed by atoms with Gasteiger partial charge in [-0.05, 0) is 68.0 Å². The molecule has 1 N–H and O–H groups in total. The molecule has 0 bridgehead atoms. The van der Waals surface area contributed by atoms with Crippen LogP contribution < -0.4 is 14.8 Å². The number of anilines is 1. The Labute approximate surface area is 197 Å². The van der Waals surface area contributed by atoms with E-state index in [0.717, 1.165) is 30.4 Å². The van der Waals surface area contributed by atoms with Gasteiger partial charge in [0.1, 0.15) is 16.4 Å². The SMILES string of the molecule is COc1ccc(NC(=O)[C@@H](C)Oc2cc(C)ccc2C(C)C)cc1S(=O)(=O)N1CCCCC1. The number of aryl methyl sites for hydroxylation is 1. The minimum absolute atomic E-state index is 0.0547. The highest BCUT2D eigenvalue weighted by Gasteiger charge is 2.29. The van der Waals surface area contributed by atoms with Crippen molar-refractivity contribution in [3.05, 3.63) is 47.5 Å². The second-order valence-electron chi connectivity index (χ2n) is 8.78. The van der Waals surface area contributed by atoms with Gasteiger partial charge in [0.25, 0.3) is 5.91 Å². The molecule has 1 amide bonds. The summed E-state index contributed by atoms with van der Waals surface area (Å²) < 4.78 is 39.2. The van der Waals surface area contributed by atoms with E-state index in [1.54, 1.807) is 19.1 Å². The molecule has 8 heteroatoms. The van der Waals surface area contributed by atoms with Crippen LogP contribution in [0.5, 0.6) is 11.5 Å². The van der Waals surface area contributed by atoms with Crippen LogP contribution in [0.1, 0.15) is 57.1 Å². The summed E-state index contributed by atoms with van der Waals surface area (Å²) in [6.07, 6.45) is 1.93. The van der Waals surface area contributed by atoms with Crippen LogP contribution in [0.15, 0.2) is 41.3 Å². The maximum absolute atomic E-state index is 13.2. The number of carbonyl (C=O) groups excluding carboxylic acids is 1. The van der Waals surface area contributed by atoms with Crippen molar-refractivity contribution in [1.29, 1.82) is 0 Å². The van der Waals surface area contributed by atoms with Crippen LogP contribution in [-0.2, 0) is 14.8 Å². The minimum atomic E-state index is -3.73. The molecule has 2 aromatic rings. The number of amides is 1. The first-order chi connectivity index (χ1) is 15.6. The van der Waals surface area contributed by atoms with Crippen molar-refractivity contribution in [3.63, 3.8) is 0 Å². The van der Waals surface area contributed by atoms with Gasteiger partial charge < -0.3 is 14.8 Å². The van der Waals surface area contributed by atoms with Crippen molar-refractivity contribution >= 4 is 21.6 Å².